The van der Waals surface area contributed by atoms with Gasteiger partial charge >= 0.3 is 5.97 Å². The predicted octanol–water partition coefficient (Wildman–Crippen LogP) is 2.10. The number of hydrogen-bond donors (Lipinski definition) is 2. The molecule has 5 nitrogen and oxygen atoms in total. The van der Waals surface area contributed by atoms with Gasteiger partial charge in [-0.25, -0.2) is 0 Å². The Hall–Kier alpha value is -1.88. The van der Waals surface area contributed by atoms with Crippen molar-refractivity contribution in [2.45, 2.75) is 51.1 Å². The molecule has 1 saturated carbocycles. The number of amides is 1. The number of hydrogen-bond acceptors (Lipinski definition) is 4. The molecule has 0 radical (unpaired) electrons. The zero-order chi connectivity index (χ0) is 16.9. The molecule has 0 heterocycles. The zero-order valence-corrected chi connectivity index (χ0v) is 13.9. The van der Waals surface area contributed by atoms with Crippen molar-refractivity contribution in [2.24, 2.45) is 11.7 Å². The maximum Gasteiger partial charge on any atom is 0.308 e. The maximum absolute atomic E-state index is 12.5. The second-order valence-corrected chi connectivity index (χ2v) is 6.34. The van der Waals surface area contributed by atoms with Gasteiger partial charge in [0.1, 0.15) is 5.54 Å². The Bertz CT molecular complexity index is 534. The van der Waals surface area contributed by atoms with Crippen molar-refractivity contribution in [2.75, 3.05) is 6.61 Å². The minimum absolute atomic E-state index is 0.0403. The van der Waals surface area contributed by atoms with Crippen molar-refractivity contribution in [3.63, 3.8) is 0 Å². The van der Waals surface area contributed by atoms with E-state index in [0.29, 0.717) is 6.61 Å². The van der Waals surface area contributed by atoms with E-state index in [1.807, 2.05) is 37.3 Å². The third-order valence-electron chi connectivity index (χ3n) is 4.53. The van der Waals surface area contributed by atoms with E-state index in [4.69, 9.17) is 10.5 Å². The Morgan fingerprint density at radius 2 is 1.83 bits per heavy atom. The lowest BCUT2D eigenvalue weighted by Crippen LogP contribution is -2.52. The van der Waals surface area contributed by atoms with Crippen LogP contribution in [0.3, 0.4) is 0 Å². The van der Waals surface area contributed by atoms with Crippen LogP contribution in [0.5, 0.6) is 0 Å². The summed E-state index contributed by atoms with van der Waals surface area (Å²) < 4.78 is 5.06. The standard InChI is InChI=1S/C18H26N2O3/c1-3-23-16(21)13-9-11-15(12-10-13)20-17(22)18(2,19)14-7-5-4-6-8-14/h4-8,13,15H,3,9-12,19H2,1-2H3,(H,20,22). The summed E-state index contributed by atoms with van der Waals surface area (Å²) in [4.78, 5) is 24.3. The summed E-state index contributed by atoms with van der Waals surface area (Å²) in [5.41, 5.74) is 5.96. The first kappa shape index (κ1) is 17.5. The van der Waals surface area contributed by atoms with Gasteiger partial charge in [-0.1, -0.05) is 30.3 Å². The van der Waals surface area contributed by atoms with Gasteiger partial charge in [-0.2, -0.15) is 0 Å². The summed E-state index contributed by atoms with van der Waals surface area (Å²) in [6.07, 6.45) is 3.05. The fourth-order valence-corrected chi connectivity index (χ4v) is 2.98. The number of nitrogens with two attached hydrogens (primary N) is 1. The van der Waals surface area contributed by atoms with Crippen molar-refractivity contribution in [1.29, 1.82) is 0 Å². The molecule has 0 aromatic heterocycles. The van der Waals surface area contributed by atoms with Crippen LogP contribution in [0.25, 0.3) is 0 Å². The van der Waals surface area contributed by atoms with E-state index in [1.165, 1.54) is 0 Å². The average Bonchev–Trinajstić information content (AvgIpc) is 2.56. The highest BCUT2D eigenvalue weighted by Crippen LogP contribution is 2.26. The second kappa shape index (κ2) is 7.59. The Morgan fingerprint density at radius 3 is 2.39 bits per heavy atom. The number of rotatable bonds is 5. The Morgan fingerprint density at radius 1 is 1.22 bits per heavy atom. The Labute approximate surface area is 137 Å². The SMILES string of the molecule is CCOC(=O)C1CCC(NC(=O)C(C)(N)c2ccccc2)CC1. The number of carbonyl (C=O) groups excluding carboxylic acids is 2. The molecule has 3 N–H and O–H groups in total. The number of ether oxygens (including phenoxy) is 1. The van der Waals surface area contributed by atoms with Crippen LogP contribution in [-0.4, -0.2) is 24.5 Å². The summed E-state index contributed by atoms with van der Waals surface area (Å²) in [5, 5.41) is 3.03. The van der Waals surface area contributed by atoms with Crippen LogP contribution in [0, 0.1) is 5.92 Å². The number of esters is 1. The number of benzene rings is 1. The van der Waals surface area contributed by atoms with Crippen molar-refractivity contribution in [3.8, 4) is 0 Å². The highest BCUT2D eigenvalue weighted by molar-refractivity contribution is 5.87. The summed E-state index contributed by atoms with van der Waals surface area (Å²) >= 11 is 0. The van der Waals surface area contributed by atoms with E-state index in [9.17, 15) is 9.59 Å². The fraction of sp³-hybridized carbons (Fsp3) is 0.556. The monoisotopic (exact) mass is 318 g/mol. The molecular weight excluding hydrogens is 292 g/mol. The second-order valence-electron chi connectivity index (χ2n) is 6.34. The molecule has 1 aromatic rings. The van der Waals surface area contributed by atoms with Crippen molar-refractivity contribution in [1.82, 2.24) is 5.32 Å². The minimum atomic E-state index is -1.06. The van der Waals surface area contributed by atoms with Crippen LogP contribution < -0.4 is 11.1 Å². The van der Waals surface area contributed by atoms with Gasteiger partial charge in [0, 0.05) is 6.04 Å². The predicted molar refractivity (Wildman–Crippen MR) is 88.5 cm³/mol. The fourth-order valence-electron chi connectivity index (χ4n) is 2.98. The smallest absolute Gasteiger partial charge is 0.308 e. The average molecular weight is 318 g/mol. The van der Waals surface area contributed by atoms with Crippen LogP contribution in [-0.2, 0) is 19.9 Å². The van der Waals surface area contributed by atoms with Crippen LogP contribution >= 0.6 is 0 Å². The molecular formula is C18H26N2O3. The Kier molecular flexibility index (Phi) is 5.77. The maximum atomic E-state index is 12.5. The largest absolute Gasteiger partial charge is 0.466 e. The molecule has 1 fully saturated rings. The molecule has 5 heteroatoms. The van der Waals surface area contributed by atoms with Crippen LogP contribution in [0.2, 0.25) is 0 Å². The normalized spacial score (nSPS) is 23.6. The van der Waals surface area contributed by atoms with Gasteiger partial charge in [0.2, 0.25) is 5.91 Å². The molecule has 1 aliphatic carbocycles. The molecule has 0 saturated heterocycles. The van der Waals surface area contributed by atoms with Crippen LogP contribution in [0.1, 0.15) is 45.1 Å². The molecule has 126 valence electrons. The number of nitrogens with one attached hydrogen (secondary N) is 1. The summed E-state index contributed by atoms with van der Waals surface area (Å²) in [7, 11) is 0. The van der Waals surface area contributed by atoms with Crippen LogP contribution in [0.4, 0.5) is 0 Å². The molecule has 1 unspecified atom stereocenters. The highest BCUT2D eigenvalue weighted by Gasteiger charge is 2.34. The summed E-state index contributed by atoms with van der Waals surface area (Å²) in [6, 6.07) is 9.43. The molecule has 1 aliphatic rings. The van der Waals surface area contributed by atoms with E-state index >= 15 is 0 Å². The van der Waals surface area contributed by atoms with E-state index < -0.39 is 5.54 Å². The molecule has 2 rings (SSSR count). The van der Waals surface area contributed by atoms with Crippen molar-refractivity contribution >= 4 is 11.9 Å². The van der Waals surface area contributed by atoms with Gasteiger partial charge < -0.3 is 15.8 Å². The first-order valence-electron chi connectivity index (χ1n) is 8.27. The van der Waals surface area contributed by atoms with E-state index in [2.05, 4.69) is 5.32 Å². The van der Waals surface area contributed by atoms with E-state index in [1.54, 1.807) is 6.92 Å². The summed E-state index contributed by atoms with van der Waals surface area (Å²) in [6.45, 7) is 3.95. The molecule has 1 atom stereocenters. The van der Waals surface area contributed by atoms with Gasteiger partial charge in [0.15, 0.2) is 0 Å². The lowest BCUT2D eigenvalue weighted by Gasteiger charge is -2.31. The molecule has 23 heavy (non-hydrogen) atoms. The number of carbonyl (C=O) groups is 2. The Balaban J connectivity index is 1.89. The molecule has 1 amide bonds. The topological polar surface area (TPSA) is 81.4 Å². The van der Waals surface area contributed by atoms with Crippen molar-refractivity contribution in [3.05, 3.63) is 35.9 Å². The van der Waals surface area contributed by atoms with Gasteiger partial charge in [-0.3, -0.25) is 9.59 Å². The third kappa shape index (κ3) is 4.32. The molecule has 0 spiro atoms. The van der Waals surface area contributed by atoms with Crippen molar-refractivity contribution < 1.29 is 14.3 Å². The van der Waals surface area contributed by atoms with Crippen LogP contribution in [0.15, 0.2) is 30.3 Å². The molecule has 0 bridgehead atoms. The lowest BCUT2D eigenvalue weighted by molar-refractivity contribution is -0.149. The first-order valence-corrected chi connectivity index (χ1v) is 8.27. The highest BCUT2D eigenvalue weighted by atomic mass is 16.5. The third-order valence-corrected chi connectivity index (χ3v) is 4.53. The molecule has 1 aromatic carbocycles. The van der Waals surface area contributed by atoms with Gasteiger partial charge in [-0.05, 0) is 45.1 Å². The van der Waals surface area contributed by atoms with Gasteiger partial charge in [0.25, 0.3) is 0 Å². The first-order chi connectivity index (χ1) is 10.9. The lowest BCUT2D eigenvalue weighted by atomic mass is 9.85. The molecule has 0 aliphatic heterocycles. The summed E-state index contributed by atoms with van der Waals surface area (Å²) in [5.74, 6) is -0.338. The van der Waals surface area contributed by atoms with E-state index in [0.717, 1.165) is 31.2 Å². The van der Waals surface area contributed by atoms with E-state index in [-0.39, 0.29) is 23.8 Å². The zero-order valence-electron chi connectivity index (χ0n) is 13.9. The van der Waals surface area contributed by atoms with Gasteiger partial charge in [-0.15, -0.1) is 0 Å². The van der Waals surface area contributed by atoms with Gasteiger partial charge in [0.05, 0.1) is 12.5 Å². The quantitative estimate of drug-likeness (QED) is 0.815. The minimum Gasteiger partial charge on any atom is -0.466 e.